The molecular formula is C11H16ClN3. The van der Waals surface area contributed by atoms with Crippen molar-refractivity contribution in [3.05, 3.63) is 23.4 Å². The van der Waals surface area contributed by atoms with Gasteiger partial charge in [0.25, 0.3) is 0 Å². The first-order valence-corrected chi connectivity index (χ1v) is 5.71. The molecule has 0 aromatic carbocycles. The largest absolute Gasteiger partial charge is 0.355 e. The summed E-state index contributed by atoms with van der Waals surface area (Å²) in [7, 11) is 2.02. The van der Waals surface area contributed by atoms with Gasteiger partial charge in [0.05, 0.1) is 5.02 Å². The number of aromatic nitrogens is 1. The first-order chi connectivity index (χ1) is 7.29. The fraction of sp³-hybridized carbons (Fsp3) is 0.545. The second kappa shape index (κ2) is 4.81. The first-order valence-electron chi connectivity index (χ1n) is 5.33. The summed E-state index contributed by atoms with van der Waals surface area (Å²) in [6.45, 7) is 2.12. The molecule has 0 radical (unpaired) electrons. The summed E-state index contributed by atoms with van der Waals surface area (Å²) in [6.07, 6.45) is 4.18. The monoisotopic (exact) mass is 225 g/mol. The predicted octanol–water partition coefficient (Wildman–Crippen LogP) is 1.92. The zero-order valence-electron chi connectivity index (χ0n) is 8.91. The van der Waals surface area contributed by atoms with Gasteiger partial charge in [0.15, 0.2) is 0 Å². The minimum absolute atomic E-state index is 0.580. The Morgan fingerprint density at radius 1 is 1.53 bits per heavy atom. The molecule has 15 heavy (non-hydrogen) atoms. The van der Waals surface area contributed by atoms with Crippen LogP contribution in [-0.4, -0.2) is 31.2 Å². The molecule has 0 spiro atoms. The van der Waals surface area contributed by atoms with Crippen molar-refractivity contribution in [3.8, 4) is 0 Å². The van der Waals surface area contributed by atoms with E-state index in [-0.39, 0.29) is 0 Å². The summed E-state index contributed by atoms with van der Waals surface area (Å²) in [6, 6.07) is 4.46. The van der Waals surface area contributed by atoms with Crippen LogP contribution in [-0.2, 0) is 0 Å². The Bertz CT molecular complexity index is 312. The standard InChI is InChI=1S/C11H16ClN3/c1-13-10-3-2-6-15(8-10)11-5-4-9(12)7-14-11/h4-5,7,10,13H,2-3,6,8H2,1H3. The third-order valence-corrected chi connectivity index (χ3v) is 3.09. The van der Waals surface area contributed by atoms with Crippen LogP contribution in [0.1, 0.15) is 12.8 Å². The number of rotatable bonds is 2. The zero-order valence-corrected chi connectivity index (χ0v) is 9.67. The van der Waals surface area contributed by atoms with Crippen molar-refractivity contribution in [1.29, 1.82) is 0 Å². The Balaban J connectivity index is 2.06. The molecule has 1 saturated heterocycles. The maximum atomic E-state index is 5.81. The first kappa shape index (κ1) is 10.7. The molecule has 3 nitrogen and oxygen atoms in total. The van der Waals surface area contributed by atoms with Crippen LogP contribution in [0.15, 0.2) is 18.3 Å². The Labute approximate surface area is 95.4 Å². The van der Waals surface area contributed by atoms with Crippen molar-refractivity contribution in [3.63, 3.8) is 0 Å². The highest BCUT2D eigenvalue weighted by molar-refractivity contribution is 6.30. The summed E-state index contributed by atoms with van der Waals surface area (Å²) >= 11 is 5.81. The average molecular weight is 226 g/mol. The highest BCUT2D eigenvalue weighted by atomic mass is 35.5. The lowest BCUT2D eigenvalue weighted by molar-refractivity contribution is 0.447. The van der Waals surface area contributed by atoms with E-state index >= 15 is 0 Å². The van der Waals surface area contributed by atoms with Gasteiger partial charge in [0.1, 0.15) is 5.82 Å². The lowest BCUT2D eigenvalue weighted by atomic mass is 10.1. The van der Waals surface area contributed by atoms with Gasteiger partial charge in [-0.25, -0.2) is 4.98 Å². The van der Waals surface area contributed by atoms with Gasteiger partial charge in [-0.3, -0.25) is 0 Å². The SMILES string of the molecule is CNC1CCCN(c2ccc(Cl)cn2)C1. The van der Waals surface area contributed by atoms with Crippen LogP contribution in [0.25, 0.3) is 0 Å². The van der Waals surface area contributed by atoms with Crippen molar-refractivity contribution in [1.82, 2.24) is 10.3 Å². The van der Waals surface area contributed by atoms with Crippen LogP contribution in [0.2, 0.25) is 5.02 Å². The van der Waals surface area contributed by atoms with Crippen molar-refractivity contribution in [2.75, 3.05) is 25.0 Å². The maximum Gasteiger partial charge on any atom is 0.128 e. The molecule has 1 unspecified atom stereocenters. The fourth-order valence-electron chi connectivity index (χ4n) is 1.98. The maximum absolute atomic E-state index is 5.81. The molecule has 2 rings (SSSR count). The summed E-state index contributed by atoms with van der Waals surface area (Å²) in [5.41, 5.74) is 0. The van der Waals surface area contributed by atoms with Crippen LogP contribution >= 0.6 is 11.6 Å². The van der Waals surface area contributed by atoms with Gasteiger partial charge in [0.2, 0.25) is 0 Å². The number of likely N-dealkylation sites (N-methyl/N-ethyl adjacent to an activating group) is 1. The highest BCUT2D eigenvalue weighted by Gasteiger charge is 2.18. The fourth-order valence-corrected chi connectivity index (χ4v) is 2.09. The Morgan fingerprint density at radius 2 is 2.40 bits per heavy atom. The molecular weight excluding hydrogens is 210 g/mol. The topological polar surface area (TPSA) is 28.2 Å². The molecule has 1 N–H and O–H groups in total. The van der Waals surface area contributed by atoms with Gasteiger partial charge in [-0.15, -0.1) is 0 Å². The van der Waals surface area contributed by atoms with E-state index < -0.39 is 0 Å². The Hall–Kier alpha value is -0.800. The number of nitrogens with zero attached hydrogens (tertiary/aromatic N) is 2. The van der Waals surface area contributed by atoms with E-state index in [2.05, 4.69) is 15.2 Å². The van der Waals surface area contributed by atoms with Crippen LogP contribution in [0, 0.1) is 0 Å². The number of anilines is 1. The predicted molar refractivity (Wildman–Crippen MR) is 63.5 cm³/mol. The lowest BCUT2D eigenvalue weighted by Crippen LogP contribution is -2.44. The number of piperidine rings is 1. The highest BCUT2D eigenvalue weighted by Crippen LogP contribution is 2.18. The van der Waals surface area contributed by atoms with Crippen molar-refractivity contribution in [2.45, 2.75) is 18.9 Å². The van der Waals surface area contributed by atoms with E-state index in [1.165, 1.54) is 12.8 Å². The van der Waals surface area contributed by atoms with Gasteiger partial charge in [-0.1, -0.05) is 11.6 Å². The molecule has 2 heterocycles. The zero-order chi connectivity index (χ0) is 10.7. The summed E-state index contributed by atoms with van der Waals surface area (Å²) in [5, 5.41) is 4.01. The number of hydrogen-bond donors (Lipinski definition) is 1. The Morgan fingerprint density at radius 3 is 3.07 bits per heavy atom. The number of halogens is 1. The lowest BCUT2D eigenvalue weighted by Gasteiger charge is -2.33. The van der Waals surface area contributed by atoms with E-state index in [0.717, 1.165) is 18.9 Å². The molecule has 82 valence electrons. The van der Waals surface area contributed by atoms with Crippen LogP contribution in [0.4, 0.5) is 5.82 Å². The van der Waals surface area contributed by atoms with E-state index in [0.29, 0.717) is 11.1 Å². The minimum atomic E-state index is 0.580. The van der Waals surface area contributed by atoms with Crippen molar-refractivity contribution in [2.24, 2.45) is 0 Å². The normalized spacial score (nSPS) is 21.7. The van der Waals surface area contributed by atoms with Crippen LogP contribution in [0.3, 0.4) is 0 Å². The molecule has 0 amide bonds. The van der Waals surface area contributed by atoms with E-state index in [1.54, 1.807) is 6.20 Å². The molecule has 4 heteroatoms. The molecule has 1 fully saturated rings. The van der Waals surface area contributed by atoms with Gasteiger partial charge >= 0.3 is 0 Å². The van der Waals surface area contributed by atoms with Gasteiger partial charge in [0, 0.05) is 25.3 Å². The van der Waals surface area contributed by atoms with E-state index in [4.69, 9.17) is 11.6 Å². The molecule has 1 aromatic heterocycles. The molecule has 0 aliphatic carbocycles. The minimum Gasteiger partial charge on any atom is -0.355 e. The molecule has 1 aliphatic heterocycles. The third kappa shape index (κ3) is 2.61. The number of pyridine rings is 1. The second-order valence-electron chi connectivity index (χ2n) is 3.91. The summed E-state index contributed by atoms with van der Waals surface area (Å²) in [5.74, 6) is 1.03. The van der Waals surface area contributed by atoms with E-state index in [9.17, 15) is 0 Å². The smallest absolute Gasteiger partial charge is 0.128 e. The van der Waals surface area contributed by atoms with Crippen LogP contribution in [0.5, 0.6) is 0 Å². The number of hydrogen-bond acceptors (Lipinski definition) is 3. The van der Waals surface area contributed by atoms with Crippen molar-refractivity contribution < 1.29 is 0 Å². The summed E-state index contributed by atoms with van der Waals surface area (Å²) < 4.78 is 0. The third-order valence-electron chi connectivity index (χ3n) is 2.87. The van der Waals surface area contributed by atoms with Crippen LogP contribution < -0.4 is 10.2 Å². The molecule has 1 aliphatic rings. The summed E-state index contributed by atoms with van der Waals surface area (Å²) in [4.78, 5) is 6.64. The Kier molecular flexibility index (Phi) is 3.44. The molecule has 1 atom stereocenters. The molecule has 0 bridgehead atoms. The number of nitrogens with one attached hydrogen (secondary N) is 1. The van der Waals surface area contributed by atoms with Crippen molar-refractivity contribution >= 4 is 17.4 Å². The molecule has 1 aromatic rings. The second-order valence-corrected chi connectivity index (χ2v) is 4.34. The van der Waals surface area contributed by atoms with E-state index in [1.807, 2.05) is 19.2 Å². The van der Waals surface area contributed by atoms with Gasteiger partial charge in [-0.2, -0.15) is 0 Å². The van der Waals surface area contributed by atoms with Gasteiger partial charge in [-0.05, 0) is 32.0 Å². The average Bonchev–Trinajstić information content (AvgIpc) is 2.30. The quantitative estimate of drug-likeness (QED) is 0.834. The molecule has 0 saturated carbocycles. The van der Waals surface area contributed by atoms with Gasteiger partial charge < -0.3 is 10.2 Å².